The molecule has 0 aliphatic heterocycles. The molecule has 0 aliphatic carbocycles. The van der Waals surface area contributed by atoms with E-state index < -0.39 is 18.0 Å². The first kappa shape index (κ1) is 9.16. The first-order valence-corrected chi connectivity index (χ1v) is 3.81. The van der Waals surface area contributed by atoms with Gasteiger partial charge in [0.05, 0.1) is 6.10 Å². The van der Waals surface area contributed by atoms with Crippen molar-refractivity contribution in [2.45, 2.75) is 19.1 Å². The molecule has 3 N–H and O–H groups in total. The predicted molar refractivity (Wildman–Crippen MR) is 45.0 cm³/mol. The molecule has 0 unspecified atom stereocenters. The lowest BCUT2D eigenvalue weighted by Crippen LogP contribution is -2.25. The maximum absolute atomic E-state index is 13.0. The summed E-state index contributed by atoms with van der Waals surface area (Å²) in [6.45, 7) is 1.64. The number of halogens is 1. The van der Waals surface area contributed by atoms with Crippen molar-refractivity contribution < 1.29 is 9.50 Å². The molecule has 0 aromatic heterocycles. The highest BCUT2D eigenvalue weighted by atomic mass is 19.1. The van der Waals surface area contributed by atoms with Crippen LogP contribution >= 0.6 is 0 Å². The fraction of sp³-hybridized carbons (Fsp3) is 0.333. The van der Waals surface area contributed by atoms with E-state index in [0.29, 0.717) is 0 Å². The number of rotatable bonds is 2. The Hall–Kier alpha value is -0.930. The van der Waals surface area contributed by atoms with Crippen molar-refractivity contribution in [3.8, 4) is 0 Å². The van der Waals surface area contributed by atoms with Gasteiger partial charge in [0.2, 0.25) is 0 Å². The third kappa shape index (κ3) is 1.81. The summed E-state index contributed by atoms with van der Waals surface area (Å²) in [7, 11) is 0. The molecular weight excluding hydrogens is 157 g/mol. The van der Waals surface area contributed by atoms with E-state index in [-0.39, 0.29) is 5.56 Å². The van der Waals surface area contributed by atoms with Gasteiger partial charge in [0.15, 0.2) is 0 Å². The van der Waals surface area contributed by atoms with Crippen LogP contribution in [-0.4, -0.2) is 11.1 Å². The number of aliphatic hydroxyl groups is 1. The van der Waals surface area contributed by atoms with Gasteiger partial charge in [-0.1, -0.05) is 18.2 Å². The highest BCUT2D eigenvalue weighted by Crippen LogP contribution is 2.18. The lowest BCUT2D eigenvalue weighted by molar-refractivity contribution is 0.149. The third-order valence-corrected chi connectivity index (χ3v) is 1.72. The van der Waals surface area contributed by atoms with Gasteiger partial charge in [0, 0.05) is 11.6 Å². The summed E-state index contributed by atoms with van der Waals surface area (Å²) in [5.74, 6) is -0.415. The molecule has 2 nitrogen and oxygen atoms in total. The monoisotopic (exact) mass is 169 g/mol. The molecule has 0 spiro atoms. The molecule has 0 bridgehead atoms. The molecule has 1 rings (SSSR count). The van der Waals surface area contributed by atoms with Crippen molar-refractivity contribution in [1.82, 2.24) is 0 Å². The molecule has 1 aromatic carbocycles. The van der Waals surface area contributed by atoms with E-state index in [1.54, 1.807) is 19.1 Å². The van der Waals surface area contributed by atoms with Crippen molar-refractivity contribution in [3.05, 3.63) is 35.6 Å². The molecule has 0 radical (unpaired) electrons. The smallest absolute Gasteiger partial charge is 0.129 e. The van der Waals surface area contributed by atoms with E-state index in [9.17, 15) is 9.50 Å². The van der Waals surface area contributed by atoms with Gasteiger partial charge in [-0.25, -0.2) is 4.39 Å². The zero-order chi connectivity index (χ0) is 9.14. The van der Waals surface area contributed by atoms with Crippen LogP contribution in [0.25, 0.3) is 0 Å². The summed E-state index contributed by atoms with van der Waals surface area (Å²) in [4.78, 5) is 0. The summed E-state index contributed by atoms with van der Waals surface area (Å²) in [6, 6.07) is 5.63. The van der Waals surface area contributed by atoms with E-state index >= 15 is 0 Å². The minimum Gasteiger partial charge on any atom is -0.387 e. The standard InChI is InChI=1S/C9H12FNO/c1-6(11)9(12)7-4-2-3-5-8(7)10/h2-6,9,12H,11H2,1H3/t6-,9+/m1/s1. The first-order chi connectivity index (χ1) is 5.63. The Bertz CT molecular complexity index is 262. The van der Waals surface area contributed by atoms with Gasteiger partial charge in [-0.2, -0.15) is 0 Å². The fourth-order valence-electron chi connectivity index (χ4n) is 0.998. The number of nitrogens with two attached hydrogens (primary N) is 1. The second kappa shape index (κ2) is 3.65. The highest BCUT2D eigenvalue weighted by Gasteiger charge is 2.15. The van der Waals surface area contributed by atoms with Gasteiger partial charge in [0.25, 0.3) is 0 Å². The zero-order valence-corrected chi connectivity index (χ0v) is 6.87. The average molecular weight is 169 g/mol. The highest BCUT2D eigenvalue weighted by molar-refractivity contribution is 5.20. The molecule has 0 heterocycles. The molecule has 3 heteroatoms. The Kier molecular flexibility index (Phi) is 2.78. The predicted octanol–water partition coefficient (Wildman–Crippen LogP) is 1.21. The van der Waals surface area contributed by atoms with Crippen LogP contribution in [0.4, 0.5) is 4.39 Å². The molecule has 0 saturated carbocycles. The molecule has 0 aliphatic rings. The van der Waals surface area contributed by atoms with Crippen molar-refractivity contribution in [2.75, 3.05) is 0 Å². The summed E-state index contributed by atoms with van der Waals surface area (Å²) in [5, 5.41) is 9.41. The van der Waals surface area contributed by atoms with Crippen molar-refractivity contribution >= 4 is 0 Å². The van der Waals surface area contributed by atoms with Crippen LogP contribution < -0.4 is 5.73 Å². The first-order valence-electron chi connectivity index (χ1n) is 3.81. The summed E-state index contributed by atoms with van der Waals surface area (Å²) < 4.78 is 13.0. The molecular formula is C9H12FNO. The molecule has 2 atom stereocenters. The van der Waals surface area contributed by atoms with Crippen molar-refractivity contribution in [2.24, 2.45) is 5.73 Å². The van der Waals surface area contributed by atoms with Gasteiger partial charge >= 0.3 is 0 Å². The lowest BCUT2D eigenvalue weighted by atomic mass is 10.0. The van der Waals surface area contributed by atoms with Crippen LogP contribution in [0.15, 0.2) is 24.3 Å². The normalized spacial score (nSPS) is 15.7. The second-order valence-electron chi connectivity index (χ2n) is 2.83. The van der Waals surface area contributed by atoms with Crippen LogP contribution in [0.3, 0.4) is 0 Å². The van der Waals surface area contributed by atoms with Crippen molar-refractivity contribution in [1.29, 1.82) is 0 Å². The minimum absolute atomic E-state index is 0.257. The van der Waals surface area contributed by atoms with Gasteiger partial charge < -0.3 is 10.8 Å². The third-order valence-electron chi connectivity index (χ3n) is 1.72. The quantitative estimate of drug-likeness (QED) is 0.699. The molecule has 12 heavy (non-hydrogen) atoms. The minimum atomic E-state index is -0.925. The fourth-order valence-corrected chi connectivity index (χ4v) is 0.998. The van der Waals surface area contributed by atoms with Crippen molar-refractivity contribution in [3.63, 3.8) is 0 Å². The van der Waals surface area contributed by atoms with Crippen LogP contribution in [-0.2, 0) is 0 Å². The van der Waals surface area contributed by atoms with Crippen LogP contribution in [0.1, 0.15) is 18.6 Å². The Balaban J connectivity index is 2.94. The Labute approximate surface area is 70.8 Å². The molecule has 1 aromatic rings. The zero-order valence-electron chi connectivity index (χ0n) is 6.87. The maximum Gasteiger partial charge on any atom is 0.129 e. The number of hydrogen-bond donors (Lipinski definition) is 2. The molecule has 0 saturated heterocycles. The van der Waals surface area contributed by atoms with E-state index in [0.717, 1.165) is 0 Å². The van der Waals surface area contributed by atoms with E-state index in [2.05, 4.69) is 0 Å². The summed E-state index contributed by atoms with van der Waals surface area (Å²) in [6.07, 6.45) is -0.925. The van der Waals surface area contributed by atoms with Crippen LogP contribution in [0.2, 0.25) is 0 Å². The number of benzene rings is 1. The van der Waals surface area contributed by atoms with Crippen LogP contribution in [0.5, 0.6) is 0 Å². The topological polar surface area (TPSA) is 46.2 Å². The van der Waals surface area contributed by atoms with E-state index in [4.69, 9.17) is 5.73 Å². The Morgan fingerprint density at radius 2 is 2.00 bits per heavy atom. The maximum atomic E-state index is 13.0. The molecule has 0 fully saturated rings. The second-order valence-corrected chi connectivity index (χ2v) is 2.83. The van der Waals surface area contributed by atoms with E-state index in [1.807, 2.05) is 0 Å². The molecule has 66 valence electrons. The number of aliphatic hydroxyl groups excluding tert-OH is 1. The average Bonchev–Trinajstić information content (AvgIpc) is 2.04. The Morgan fingerprint density at radius 1 is 1.42 bits per heavy atom. The van der Waals surface area contributed by atoms with Gasteiger partial charge in [-0.05, 0) is 13.0 Å². The Morgan fingerprint density at radius 3 is 2.50 bits per heavy atom. The summed E-state index contributed by atoms with van der Waals surface area (Å²) in [5.41, 5.74) is 5.68. The van der Waals surface area contributed by atoms with Gasteiger partial charge in [0.1, 0.15) is 5.82 Å². The van der Waals surface area contributed by atoms with E-state index in [1.165, 1.54) is 12.1 Å². The van der Waals surface area contributed by atoms with Gasteiger partial charge in [-0.15, -0.1) is 0 Å². The largest absolute Gasteiger partial charge is 0.387 e. The number of hydrogen-bond acceptors (Lipinski definition) is 2. The molecule has 0 amide bonds. The van der Waals surface area contributed by atoms with Gasteiger partial charge in [-0.3, -0.25) is 0 Å². The SMILES string of the molecule is C[C@@H](N)[C@H](O)c1ccccc1F. The lowest BCUT2D eigenvalue weighted by Gasteiger charge is -2.14. The summed E-state index contributed by atoms with van der Waals surface area (Å²) >= 11 is 0. The van der Waals surface area contributed by atoms with Crippen LogP contribution in [0, 0.1) is 5.82 Å².